The third-order valence-electron chi connectivity index (χ3n) is 3.72. The van der Waals surface area contributed by atoms with E-state index < -0.39 is 54.6 Å². The van der Waals surface area contributed by atoms with Gasteiger partial charge >= 0.3 is 23.9 Å². The van der Waals surface area contributed by atoms with Gasteiger partial charge < -0.3 is 28.4 Å². The van der Waals surface area contributed by atoms with Crippen LogP contribution >= 0.6 is 0 Å². The maximum Gasteiger partial charge on any atom is 0.303 e. The van der Waals surface area contributed by atoms with Gasteiger partial charge in [-0.2, -0.15) is 0 Å². The predicted molar refractivity (Wildman–Crippen MR) is 102 cm³/mol. The van der Waals surface area contributed by atoms with E-state index in [1.54, 1.807) is 0 Å². The van der Waals surface area contributed by atoms with Crippen molar-refractivity contribution in [1.29, 1.82) is 0 Å². The molecule has 0 aromatic rings. The molecule has 0 N–H and O–H groups in total. The summed E-state index contributed by atoms with van der Waals surface area (Å²) >= 11 is 0. The maximum absolute atomic E-state index is 11.7. The first-order valence-corrected chi connectivity index (χ1v) is 11.2. The Morgan fingerprint density at radius 2 is 1.31 bits per heavy atom. The van der Waals surface area contributed by atoms with Crippen LogP contribution in [0.4, 0.5) is 0 Å². The second kappa shape index (κ2) is 12.0. The molecule has 0 radical (unpaired) electrons. The summed E-state index contributed by atoms with van der Waals surface area (Å²) in [5, 5.41) is 0. The summed E-state index contributed by atoms with van der Waals surface area (Å²) in [6.45, 7) is 4.76. The van der Waals surface area contributed by atoms with Crippen LogP contribution in [-0.4, -0.2) is 86.1 Å². The van der Waals surface area contributed by atoms with Gasteiger partial charge in [-0.3, -0.25) is 19.2 Å². The highest BCUT2D eigenvalue weighted by molar-refractivity contribution is 7.95. The van der Waals surface area contributed by atoms with Crippen LogP contribution in [0.25, 0.3) is 0 Å². The minimum atomic E-state index is -1.21. The van der Waals surface area contributed by atoms with E-state index in [9.17, 15) is 19.2 Å². The molecule has 29 heavy (non-hydrogen) atoms. The Morgan fingerprint density at radius 1 is 0.793 bits per heavy atom. The second-order valence-electron chi connectivity index (χ2n) is 6.63. The largest absolute Gasteiger partial charge is 0.463 e. The van der Waals surface area contributed by atoms with Crippen LogP contribution in [0, 0.1) is 0 Å². The van der Waals surface area contributed by atoms with Gasteiger partial charge in [0.1, 0.15) is 18.5 Å². The molecule has 10 nitrogen and oxygen atoms in total. The number of hydrogen-bond acceptors (Lipinski definition) is 10. The molecule has 1 rings (SSSR count). The van der Waals surface area contributed by atoms with Crippen molar-refractivity contribution in [2.45, 2.75) is 58.4 Å². The molecule has 0 saturated carbocycles. The van der Waals surface area contributed by atoms with Crippen molar-refractivity contribution in [2.75, 3.05) is 31.5 Å². The van der Waals surface area contributed by atoms with Crippen LogP contribution in [0.1, 0.15) is 27.7 Å². The average molecular weight is 437 g/mol. The summed E-state index contributed by atoms with van der Waals surface area (Å²) in [6, 6.07) is 0. The van der Waals surface area contributed by atoms with Gasteiger partial charge in [0.15, 0.2) is 24.6 Å². The van der Waals surface area contributed by atoms with Gasteiger partial charge in [-0.15, -0.1) is 0 Å². The fraction of sp³-hybridized carbons (Fsp3) is 0.778. The van der Waals surface area contributed by atoms with Crippen molar-refractivity contribution >= 4 is 34.8 Å². The zero-order valence-corrected chi connectivity index (χ0v) is 18.3. The minimum Gasteiger partial charge on any atom is -0.463 e. The summed E-state index contributed by atoms with van der Waals surface area (Å²) in [4.78, 5) is 46.2. The molecule has 0 bridgehead atoms. The molecule has 0 aromatic heterocycles. The smallest absolute Gasteiger partial charge is 0.303 e. The first-order chi connectivity index (χ1) is 13.5. The van der Waals surface area contributed by atoms with Crippen LogP contribution in [0.3, 0.4) is 0 Å². The number of carbonyl (C=O) groups is 4. The summed E-state index contributed by atoms with van der Waals surface area (Å²) in [7, 11) is 0.0948. The van der Waals surface area contributed by atoms with Crippen LogP contribution in [0.15, 0.2) is 0 Å². The molecule has 5 atom stereocenters. The standard InChI is InChI=1S/C18H29O10S/c1-10(19)24-9-14-15(25-11(2)20)16(26-12(3)21)17(27-13(4)22)18(28-14)23-7-8-29(5)6/h14-18H,7-9H2,1-6H3/q+1/t14?,15-,16?,17?,18+/m0/s1. The molecule has 1 saturated heterocycles. The van der Waals surface area contributed by atoms with E-state index in [1.807, 2.05) is 12.5 Å². The minimum absolute atomic E-state index is 0.0948. The first kappa shape index (κ1) is 25.2. The van der Waals surface area contributed by atoms with Crippen molar-refractivity contribution in [3.8, 4) is 0 Å². The van der Waals surface area contributed by atoms with E-state index in [4.69, 9.17) is 28.4 Å². The van der Waals surface area contributed by atoms with Gasteiger partial charge in [0.2, 0.25) is 0 Å². The van der Waals surface area contributed by atoms with Gasteiger partial charge in [0.05, 0.1) is 19.1 Å². The highest BCUT2D eigenvalue weighted by Crippen LogP contribution is 2.29. The summed E-state index contributed by atoms with van der Waals surface area (Å²) in [6.07, 6.45) is -1.59. The molecule has 3 unspecified atom stereocenters. The predicted octanol–water partition coefficient (Wildman–Crippen LogP) is -0.0360. The van der Waals surface area contributed by atoms with Crippen molar-refractivity contribution in [3.63, 3.8) is 0 Å². The molecule has 1 fully saturated rings. The monoisotopic (exact) mass is 437 g/mol. The van der Waals surface area contributed by atoms with Crippen LogP contribution in [0.5, 0.6) is 0 Å². The summed E-state index contributed by atoms with van der Waals surface area (Å²) in [5.41, 5.74) is 0. The lowest BCUT2D eigenvalue weighted by molar-refractivity contribution is -0.307. The number of esters is 4. The van der Waals surface area contributed by atoms with Gasteiger partial charge in [-0.1, -0.05) is 0 Å². The third kappa shape index (κ3) is 9.01. The Bertz CT molecular complexity index is 593. The van der Waals surface area contributed by atoms with Gasteiger partial charge in [-0.25, -0.2) is 0 Å². The lowest BCUT2D eigenvalue weighted by Gasteiger charge is -2.43. The van der Waals surface area contributed by atoms with E-state index in [0.717, 1.165) is 5.75 Å². The normalized spacial score (nSPS) is 26.5. The second-order valence-corrected chi connectivity index (χ2v) is 9.01. The van der Waals surface area contributed by atoms with Crippen LogP contribution < -0.4 is 0 Å². The lowest BCUT2D eigenvalue weighted by Crippen LogP contribution is -2.63. The SMILES string of the molecule is CC(=O)OCC1O[C@@H](OCC[S+](C)C)C(OC(C)=O)C(OC(C)=O)[C@H]1OC(C)=O. The topological polar surface area (TPSA) is 124 Å². The van der Waals surface area contributed by atoms with E-state index in [-0.39, 0.29) is 17.5 Å². The van der Waals surface area contributed by atoms with Crippen LogP contribution in [0.2, 0.25) is 0 Å². The van der Waals surface area contributed by atoms with Crippen molar-refractivity contribution in [1.82, 2.24) is 0 Å². The molecular formula is C18H29O10S+. The summed E-state index contributed by atoms with van der Waals surface area (Å²) < 4.78 is 32.4. The molecule has 0 amide bonds. The molecule has 1 aliphatic rings. The van der Waals surface area contributed by atoms with E-state index in [1.165, 1.54) is 27.7 Å². The fourth-order valence-corrected chi connectivity index (χ4v) is 3.08. The first-order valence-electron chi connectivity index (χ1n) is 8.97. The average Bonchev–Trinajstić information content (AvgIpc) is 2.56. The third-order valence-corrected chi connectivity index (χ3v) is 4.71. The van der Waals surface area contributed by atoms with Crippen molar-refractivity contribution in [2.24, 2.45) is 0 Å². The Morgan fingerprint density at radius 3 is 1.79 bits per heavy atom. The van der Waals surface area contributed by atoms with Crippen LogP contribution in [-0.2, 0) is 58.5 Å². The van der Waals surface area contributed by atoms with Gasteiger partial charge in [0.25, 0.3) is 0 Å². The quantitative estimate of drug-likeness (QED) is 0.276. The highest BCUT2D eigenvalue weighted by atomic mass is 32.2. The van der Waals surface area contributed by atoms with Crippen molar-refractivity contribution in [3.05, 3.63) is 0 Å². The zero-order chi connectivity index (χ0) is 22.1. The van der Waals surface area contributed by atoms with E-state index in [0.29, 0.717) is 6.61 Å². The molecule has 1 aliphatic heterocycles. The number of ether oxygens (including phenoxy) is 6. The van der Waals surface area contributed by atoms with Crippen molar-refractivity contribution < 1.29 is 47.6 Å². The molecule has 0 aromatic carbocycles. The van der Waals surface area contributed by atoms with E-state index in [2.05, 4.69) is 0 Å². The summed E-state index contributed by atoms with van der Waals surface area (Å²) in [5.74, 6) is -1.85. The van der Waals surface area contributed by atoms with Gasteiger partial charge in [-0.05, 0) is 10.9 Å². The molecule has 11 heteroatoms. The van der Waals surface area contributed by atoms with Gasteiger partial charge in [0, 0.05) is 27.7 Å². The Hall–Kier alpha value is -1.85. The van der Waals surface area contributed by atoms with E-state index >= 15 is 0 Å². The zero-order valence-electron chi connectivity index (χ0n) is 17.5. The fourth-order valence-electron chi connectivity index (χ4n) is 2.65. The molecule has 166 valence electrons. The highest BCUT2D eigenvalue weighted by Gasteiger charge is 2.52. The Kier molecular flexibility index (Phi) is 10.4. The Labute approximate surface area is 172 Å². The Balaban J connectivity index is 3.21. The molecule has 0 spiro atoms. The lowest BCUT2D eigenvalue weighted by atomic mass is 9.98. The molecular weight excluding hydrogens is 408 g/mol. The number of rotatable bonds is 9. The number of hydrogen-bond donors (Lipinski definition) is 0. The molecule has 1 heterocycles. The molecule has 0 aliphatic carbocycles. The maximum atomic E-state index is 11.7. The number of carbonyl (C=O) groups excluding carboxylic acids is 4.